The molecule has 0 bridgehead atoms. The summed E-state index contributed by atoms with van der Waals surface area (Å²) in [7, 11) is 1.44. The van der Waals surface area contributed by atoms with Crippen molar-refractivity contribution in [2.24, 2.45) is 4.99 Å². The fourth-order valence-electron chi connectivity index (χ4n) is 2.77. The fourth-order valence-corrected chi connectivity index (χ4v) is 2.77. The summed E-state index contributed by atoms with van der Waals surface area (Å²) < 4.78 is 11.0. The number of hydrogen-bond acceptors (Lipinski definition) is 7. The van der Waals surface area contributed by atoms with Crippen molar-refractivity contribution in [3.05, 3.63) is 91.5 Å². The van der Waals surface area contributed by atoms with E-state index in [0.717, 1.165) is 28.9 Å². The highest BCUT2D eigenvalue weighted by atomic mass is 16.6. The quantitative estimate of drug-likeness (QED) is 0.275. The van der Waals surface area contributed by atoms with E-state index in [9.17, 15) is 20.2 Å². The van der Waals surface area contributed by atoms with Gasteiger partial charge in [0.15, 0.2) is 11.5 Å². The van der Waals surface area contributed by atoms with E-state index < -0.39 is 21.2 Å². The highest BCUT2D eigenvalue weighted by Gasteiger charge is 2.22. The Kier molecular flexibility index (Phi) is 6.25. The van der Waals surface area contributed by atoms with Crippen LogP contribution in [0.5, 0.6) is 17.2 Å². The molecule has 9 heteroatoms. The molecule has 0 unspecified atom stereocenters. The van der Waals surface area contributed by atoms with Crippen LogP contribution in [0.2, 0.25) is 0 Å². The third-order valence-corrected chi connectivity index (χ3v) is 4.61. The number of nitrogens with zero attached hydrogens (tertiary/aromatic N) is 3. The molecule has 0 aliphatic carbocycles. The van der Waals surface area contributed by atoms with Crippen LogP contribution in [0.4, 0.5) is 17.1 Å². The molecule has 3 aromatic rings. The van der Waals surface area contributed by atoms with Crippen molar-refractivity contribution in [1.82, 2.24) is 0 Å². The maximum atomic E-state index is 11.3. The predicted octanol–water partition coefficient (Wildman–Crippen LogP) is 5.67. The van der Waals surface area contributed by atoms with Gasteiger partial charge >= 0.3 is 5.69 Å². The Hall–Kier alpha value is -4.27. The molecule has 0 radical (unpaired) electrons. The standard InChI is InChI=1S/C22H19N3O6/c1-14-4-6-17(10-15(14)2)23-13-16-5-8-21(22(11-16)30-3)31-20-9-7-18(24(26)27)12-19(20)25(28)29/h4-13H,1-3H3. The lowest BCUT2D eigenvalue weighted by atomic mass is 10.1. The van der Waals surface area contributed by atoms with Gasteiger partial charge in [0.1, 0.15) is 0 Å². The molecular weight excluding hydrogens is 402 g/mol. The molecule has 0 saturated heterocycles. The Balaban J connectivity index is 1.88. The third-order valence-electron chi connectivity index (χ3n) is 4.61. The van der Waals surface area contributed by atoms with Crippen molar-refractivity contribution in [2.75, 3.05) is 7.11 Å². The lowest BCUT2D eigenvalue weighted by molar-refractivity contribution is -0.394. The van der Waals surface area contributed by atoms with Crippen LogP contribution in [-0.4, -0.2) is 23.2 Å². The molecule has 0 saturated carbocycles. The molecule has 0 heterocycles. The molecule has 0 N–H and O–H groups in total. The number of hydrogen-bond donors (Lipinski definition) is 0. The maximum absolute atomic E-state index is 11.3. The van der Waals surface area contributed by atoms with Crippen LogP contribution >= 0.6 is 0 Å². The van der Waals surface area contributed by atoms with Gasteiger partial charge in [-0.25, -0.2) is 0 Å². The fraction of sp³-hybridized carbons (Fsp3) is 0.136. The van der Waals surface area contributed by atoms with Crippen LogP contribution < -0.4 is 9.47 Å². The number of benzene rings is 3. The van der Waals surface area contributed by atoms with Crippen molar-refractivity contribution in [3.8, 4) is 17.2 Å². The van der Waals surface area contributed by atoms with E-state index in [1.165, 1.54) is 18.7 Å². The number of nitro benzene ring substituents is 2. The zero-order valence-corrected chi connectivity index (χ0v) is 17.1. The molecule has 158 valence electrons. The SMILES string of the molecule is COc1cc(C=Nc2ccc(C)c(C)c2)ccc1Oc1ccc([N+](=O)[O-])cc1[N+](=O)[O-]. The zero-order chi connectivity index (χ0) is 22.5. The summed E-state index contributed by atoms with van der Waals surface area (Å²) >= 11 is 0. The van der Waals surface area contributed by atoms with Crippen LogP contribution in [0.3, 0.4) is 0 Å². The molecule has 3 rings (SSSR count). The number of ether oxygens (including phenoxy) is 2. The normalized spacial score (nSPS) is 10.8. The molecular formula is C22H19N3O6. The average molecular weight is 421 g/mol. The molecule has 0 spiro atoms. The van der Waals surface area contributed by atoms with Crippen LogP contribution in [-0.2, 0) is 0 Å². The molecule has 31 heavy (non-hydrogen) atoms. The molecule has 0 amide bonds. The highest BCUT2D eigenvalue weighted by Crippen LogP contribution is 2.38. The first-order valence-electron chi connectivity index (χ1n) is 9.18. The first kappa shape index (κ1) is 21.4. The van der Waals surface area contributed by atoms with Gasteiger partial charge in [-0.05, 0) is 66.9 Å². The molecule has 0 atom stereocenters. The Morgan fingerprint density at radius 2 is 1.58 bits per heavy atom. The van der Waals surface area contributed by atoms with E-state index in [0.29, 0.717) is 5.75 Å². The number of rotatable bonds is 7. The van der Waals surface area contributed by atoms with Gasteiger partial charge in [0, 0.05) is 12.3 Å². The van der Waals surface area contributed by atoms with Gasteiger partial charge in [-0.2, -0.15) is 0 Å². The number of aliphatic imine (C=N–C) groups is 1. The maximum Gasteiger partial charge on any atom is 0.318 e. The van der Waals surface area contributed by atoms with Gasteiger partial charge in [0.2, 0.25) is 5.75 Å². The summed E-state index contributed by atoms with van der Waals surface area (Å²) in [4.78, 5) is 25.2. The molecule has 0 aromatic heterocycles. The van der Waals surface area contributed by atoms with Crippen molar-refractivity contribution >= 4 is 23.3 Å². The Labute approximate surface area is 177 Å². The second kappa shape index (κ2) is 9.04. The topological polar surface area (TPSA) is 117 Å². The van der Waals surface area contributed by atoms with E-state index in [4.69, 9.17) is 9.47 Å². The lowest BCUT2D eigenvalue weighted by Crippen LogP contribution is -1.97. The van der Waals surface area contributed by atoms with E-state index >= 15 is 0 Å². The van der Waals surface area contributed by atoms with Crippen LogP contribution in [0.15, 0.2) is 59.6 Å². The highest BCUT2D eigenvalue weighted by molar-refractivity contribution is 5.83. The van der Waals surface area contributed by atoms with Gasteiger partial charge < -0.3 is 9.47 Å². The second-order valence-electron chi connectivity index (χ2n) is 6.71. The minimum Gasteiger partial charge on any atom is -0.493 e. The minimum absolute atomic E-state index is 0.134. The van der Waals surface area contributed by atoms with Gasteiger partial charge in [-0.3, -0.25) is 25.2 Å². The van der Waals surface area contributed by atoms with E-state index in [1.807, 2.05) is 32.0 Å². The lowest BCUT2D eigenvalue weighted by Gasteiger charge is -2.11. The monoisotopic (exact) mass is 421 g/mol. The van der Waals surface area contributed by atoms with Crippen molar-refractivity contribution in [3.63, 3.8) is 0 Å². The number of nitro groups is 2. The molecule has 0 fully saturated rings. The largest absolute Gasteiger partial charge is 0.493 e. The van der Waals surface area contributed by atoms with Gasteiger partial charge in [0.25, 0.3) is 5.69 Å². The number of methoxy groups -OCH3 is 1. The van der Waals surface area contributed by atoms with Crippen molar-refractivity contribution in [2.45, 2.75) is 13.8 Å². The Morgan fingerprint density at radius 3 is 2.23 bits per heavy atom. The average Bonchev–Trinajstić information content (AvgIpc) is 2.75. The summed E-state index contributed by atoms with van der Waals surface area (Å²) in [6, 6.07) is 14.1. The summed E-state index contributed by atoms with van der Waals surface area (Å²) in [6.45, 7) is 4.04. The van der Waals surface area contributed by atoms with Crippen LogP contribution in [0.1, 0.15) is 16.7 Å². The van der Waals surface area contributed by atoms with Crippen molar-refractivity contribution < 1.29 is 19.3 Å². The second-order valence-corrected chi connectivity index (χ2v) is 6.71. The van der Waals surface area contributed by atoms with Gasteiger partial charge in [0.05, 0.1) is 28.7 Å². The third kappa shape index (κ3) is 5.02. The van der Waals surface area contributed by atoms with Crippen LogP contribution in [0, 0.1) is 34.1 Å². The molecule has 9 nitrogen and oxygen atoms in total. The zero-order valence-electron chi connectivity index (χ0n) is 17.1. The first-order valence-corrected chi connectivity index (χ1v) is 9.18. The van der Waals surface area contributed by atoms with Gasteiger partial charge in [-0.1, -0.05) is 6.07 Å². The van der Waals surface area contributed by atoms with Crippen molar-refractivity contribution in [1.29, 1.82) is 0 Å². The Bertz CT molecular complexity index is 1190. The molecule has 0 aliphatic heterocycles. The summed E-state index contributed by atoms with van der Waals surface area (Å²) in [5, 5.41) is 22.2. The molecule has 0 aliphatic rings. The molecule has 3 aromatic carbocycles. The summed E-state index contributed by atoms with van der Waals surface area (Å²) in [5.74, 6) is 0.421. The number of non-ortho nitro benzene ring substituents is 1. The van der Waals surface area contributed by atoms with E-state index in [-0.39, 0.29) is 11.5 Å². The van der Waals surface area contributed by atoms with E-state index in [2.05, 4.69) is 4.99 Å². The summed E-state index contributed by atoms with van der Waals surface area (Å²) in [5.41, 5.74) is 2.95. The predicted molar refractivity (Wildman–Crippen MR) is 116 cm³/mol. The minimum atomic E-state index is -0.737. The number of aryl methyl sites for hydroxylation is 2. The first-order chi connectivity index (χ1) is 14.8. The Morgan fingerprint density at radius 1 is 0.839 bits per heavy atom. The van der Waals surface area contributed by atoms with Gasteiger partial charge in [-0.15, -0.1) is 0 Å². The van der Waals surface area contributed by atoms with E-state index in [1.54, 1.807) is 24.4 Å². The summed E-state index contributed by atoms with van der Waals surface area (Å²) in [6.07, 6.45) is 1.67. The smallest absolute Gasteiger partial charge is 0.318 e. The van der Waals surface area contributed by atoms with Crippen LogP contribution in [0.25, 0.3) is 0 Å².